The quantitative estimate of drug-likeness (QED) is 0.677. The highest BCUT2D eigenvalue weighted by atomic mass is 32.2. The Morgan fingerprint density at radius 2 is 2.07 bits per heavy atom. The number of hydrogen-bond donors (Lipinski definition) is 0. The lowest BCUT2D eigenvalue weighted by molar-refractivity contribution is 0.711. The third-order valence-corrected chi connectivity index (χ3v) is 4.14. The van der Waals surface area contributed by atoms with E-state index in [1.165, 1.54) is 24.8 Å². The summed E-state index contributed by atoms with van der Waals surface area (Å²) in [4.78, 5) is 0. The molecule has 0 radical (unpaired) electrons. The van der Waals surface area contributed by atoms with Crippen LogP contribution < -0.4 is 0 Å². The molecule has 0 bridgehead atoms. The fourth-order valence-corrected chi connectivity index (χ4v) is 3.24. The van der Waals surface area contributed by atoms with Crippen molar-refractivity contribution in [2.24, 2.45) is 0 Å². The molecular weight excluding hydrogens is 200 g/mol. The van der Waals surface area contributed by atoms with Crippen molar-refractivity contribution in [2.45, 2.75) is 37.2 Å². The highest BCUT2D eigenvalue weighted by Crippen LogP contribution is 2.28. The van der Waals surface area contributed by atoms with Crippen LogP contribution in [-0.2, 0) is 5.75 Å². The Labute approximate surface area is 96.8 Å². The zero-order chi connectivity index (χ0) is 10.5. The van der Waals surface area contributed by atoms with Crippen LogP contribution in [0.25, 0.3) is 0 Å². The van der Waals surface area contributed by atoms with Crippen LogP contribution >= 0.6 is 11.8 Å². The van der Waals surface area contributed by atoms with Crippen LogP contribution in [-0.4, -0.2) is 5.25 Å². The van der Waals surface area contributed by atoms with Crippen molar-refractivity contribution in [1.29, 1.82) is 0 Å². The van der Waals surface area contributed by atoms with Crippen LogP contribution in [0, 0.1) is 0 Å². The summed E-state index contributed by atoms with van der Waals surface area (Å²) in [7, 11) is 0. The third-order valence-electron chi connectivity index (χ3n) is 2.84. The van der Waals surface area contributed by atoms with Gasteiger partial charge in [-0.2, -0.15) is 0 Å². The number of hydrogen-bond acceptors (Lipinski definition) is 1. The van der Waals surface area contributed by atoms with Gasteiger partial charge in [0.1, 0.15) is 0 Å². The Hall–Kier alpha value is -0.690. The maximum atomic E-state index is 2.46. The lowest BCUT2D eigenvalue weighted by Gasteiger charge is -2.18. The van der Waals surface area contributed by atoms with E-state index in [0.29, 0.717) is 0 Å². The van der Waals surface area contributed by atoms with Crippen molar-refractivity contribution >= 4 is 11.8 Å². The van der Waals surface area contributed by atoms with Crippen molar-refractivity contribution in [3.05, 3.63) is 47.5 Å². The molecule has 2 rings (SSSR count). The molecule has 1 unspecified atom stereocenters. The molecule has 0 nitrogen and oxygen atoms in total. The largest absolute Gasteiger partial charge is 0.150 e. The molecule has 0 N–H and O–H groups in total. The van der Waals surface area contributed by atoms with Gasteiger partial charge in [0.15, 0.2) is 0 Å². The lowest BCUT2D eigenvalue weighted by atomic mass is 10.0. The molecule has 0 amide bonds. The van der Waals surface area contributed by atoms with E-state index in [1.807, 2.05) is 0 Å². The van der Waals surface area contributed by atoms with Crippen LogP contribution in [0.2, 0.25) is 0 Å². The monoisotopic (exact) mass is 218 g/mol. The summed E-state index contributed by atoms with van der Waals surface area (Å²) in [6, 6.07) is 10.8. The zero-order valence-electron chi connectivity index (χ0n) is 9.28. The van der Waals surface area contributed by atoms with Gasteiger partial charge >= 0.3 is 0 Å². The molecule has 1 aromatic rings. The van der Waals surface area contributed by atoms with Gasteiger partial charge < -0.3 is 0 Å². The normalized spacial score (nSPS) is 21.1. The van der Waals surface area contributed by atoms with Gasteiger partial charge in [-0.1, -0.05) is 42.0 Å². The topological polar surface area (TPSA) is 0 Å². The number of benzene rings is 1. The lowest BCUT2D eigenvalue weighted by Crippen LogP contribution is -2.05. The van der Waals surface area contributed by atoms with E-state index < -0.39 is 0 Å². The van der Waals surface area contributed by atoms with Gasteiger partial charge in [0, 0.05) is 11.0 Å². The van der Waals surface area contributed by atoms with Crippen LogP contribution in [0.4, 0.5) is 0 Å². The van der Waals surface area contributed by atoms with Gasteiger partial charge in [0.25, 0.3) is 0 Å². The Balaban J connectivity index is 1.86. The van der Waals surface area contributed by atoms with Crippen LogP contribution in [0.1, 0.15) is 31.7 Å². The Morgan fingerprint density at radius 3 is 2.80 bits per heavy atom. The molecule has 0 heterocycles. The summed E-state index contributed by atoms with van der Waals surface area (Å²) in [5, 5.41) is 0.749. The van der Waals surface area contributed by atoms with E-state index in [2.05, 4.69) is 55.1 Å². The number of allylic oxidation sites excluding steroid dienone is 1. The van der Waals surface area contributed by atoms with Gasteiger partial charge in [-0.05, 0) is 31.7 Å². The standard InChI is InChI=1S/C14H18S/c1-12-6-5-9-14(10-12)15-11-13-7-3-2-4-8-13/h2-4,7-8,10,14H,5-6,9,11H2,1H3. The second-order valence-corrected chi connectivity index (χ2v) is 5.47. The van der Waals surface area contributed by atoms with Gasteiger partial charge in [-0.3, -0.25) is 0 Å². The average molecular weight is 218 g/mol. The average Bonchev–Trinajstić information content (AvgIpc) is 2.28. The first-order valence-corrected chi connectivity index (χ1v) is 6.72. The van der Waals surface area contributed by atoms with Gasteiger partial charge in [0.2, 0.25) is 0 Å². The van der Waals surface area contributed by atoms with Gasteiger partial charge in [-0.15, -0.1) is 11.8 Å². The first kappa shape index (κ1) is 10.8. The van der Waals surface area contributed by atoms with Gasteiger partial charge in [-0.25, -0.2) is 0 Å². The van der Waals surface area contributed by atoms with Crippen molar-refractivity contribution in [3.8, 4) is 0 Å². The molecule has 0 saturated heterocycles. The minimum absolute atomic E-state index is 0.749. The van der Waals surface area contributed by atoms with Crippen LogP contribution in [0.3, 0.4) is 0 Å². The van der Waals surface area contributed by atoms with E-state index in [4.69, 9.17) is 0 Å². The van der Waals surface area contributed by atoms with E-state index in [9.17, 15) is 0 Å². The highest BCUT2D eigenvalue weighted by Gasteiger charge is 2.11. The summed E-state index contributed by atoms with van der Waals surface area (Å²) in [5.74, 6) is 1.15. The molecule has 0 spiro atoms. The predicted octanol–water partition coefficient (Wildman–Crippen LogP) is 4.42. The van der Waals surface area contributed by atoms with E-state index in [0.717, 1.165) is 11.0 Å². The van der Waals surface area contributed by atoms with Crippen LogP contribution in [0.5, 0.6) is 0 Å². The molecule has 1 heteroatoms. The Bertz CT molecular complexity index is 326. The fraction of sp³-hybridized carbons (Fsp3) is 0.429. The van der Waals surface area contributed by atoms with Crippen LogP contribution in [0.15, 0.2) is 42.0 Å². The second kappa shape index (κ2) is 5.41. The molecule has 1 atom stereocenters. The van der Waals surface area contributed by atoms with E-state index in [-0.39, 0.29) is 0 Å². The maximum absolute atomic E-state index is 2.46. The molecule has 0 aromatic heterocycles. The number of rotatable bonds is 3. The maximum Gasteiger partial charge on any atom is 0.0233 e. The van der Waals surface area contributed by atoms with Crippen molar-refractivity contribution < 1.29 is 0 Å². The molecule has 15 heavy (non-hydrogen) atoms. The minimum atomic E-state index is 0.749. The molecule has 0 aliphatic heterocycles. The summed E-state index contributed by atoms with van der Waals surface area (Å²) in [5.41, 5.74) is 3.02. The fourth-order valence-electron chi connectivity index (χ4n) is 1.98. The first-order chi connectivity index (χ1) is 7.34. The minimum Gasteiger partial charge on any atom is -0.150 e. The smallest absolute Gasteiger partial charge is 0.0233 e. The van der Waals surface area contributed by atoms with E-state index in [1.54, 1.807) is 5.57 Å². The summed E-state index contributed by atoms with van der Waals surface area (Å²) in [6.45, 7) is 2.26. The molecule has 1 aliphatic carbocycles. The van der Waals surface area contributed by atoms with Crippen molar-refractivity contribution in [3.63, 3.8) is 0 Å². The molecule has 80 valence electrons. The highest BCUT2D eigenvalue weighted by molar-refractivity contribution is 7.99. The van der Waals surface area contributed by atoms with Gasteiger partial charge in [0.05, 0.1) is 0 Å². The van der Waals surface area contributed by atoms with Crippen molar-refractivity contribution in [1.82, 2.24) is 0 Å². The zero-order valence-corrected chi connectivity index (χ0v) is 10.1. The molecule has 0 saturated carbocycles. The van der Waals surface area contributed by atoms with Crippen molar-refractivity contribution in [2.75, 3.05) is 0 Å². The molecule has 1 aliphatic rings. The second-order valence-electron chi connectivity index (χ2n) is 4.24. The summed E-state index contributed by atoms with van der Waals surface area (Å²) < 4.78 is 0. The molecule has 1 aromatic carbocycles. The third kappa shape index (κ3) is 3.42. The summed E-state index contributed by atoms with van der Waals surface area (Å²) in [6.07, 6.45) is 6.49. The SMILES string of the molecule is CC1=CC(SCc2ccccc2)CCC1. The van der Waals surface area contributed by atoms with E-state index >= 15 is 0 Å². The Morgan fingerprint density at radius 1 is 1.27 bits per heavy atom. The Kier molecular flexibility index (Phi) is 3.90. The summed E-state index contributed by atoms with van der Waals surface area (Å²) >= 11 is 2.08. The first-order valence-electron chi connectivity index (χ1n) is 5.67. The number of thioether (sulfide) groups is 1. The molecule has 0 fully saturated rings. The predicted molar refractivity (Wildman–Crippen MR) is 69.1 cm³/mol. The molecular formula is C14H18S.